The van der Waals surface area contributed by atoms with Gasteiger partial charge in [-0.1, -0.05) is 12.2 Å². The van der Waals surface area contributed by atoms with Gasteiger partial charge in [0.25, 0.3) is 0 Å². The molecule has 6 heteroatoms. The Kier molecular flexibility index (Phi) is 7.79. The number of nitriles is 1. The van der Waals surface area contributed by atoms with Gasteiger partial charge in [0.2, 0.25) is 0 Å². The van der Waals surface area contributed by atoms with Crippen molar-refractivity contribution in [3.63, 3.8) is 0 Å². The molecule has 0 saturated heterocycles. The van der Waals surface area contributed by atoms with Gasteiger partial charge in [-0.3, -0.25) is 0 Å². The Bertz CT molecular complexity index is 921. The van der Waals surface area contributed by atoms with E-state index in [9.17, 15) is 5.11 Å². The maximum Gasteiger partial charge on any atom is 0.161 e. The van der Waals surface area contributed by atoms with E-state index in [0.717, 1.165) is 22.6 Å². The van der Waals surface area contributed by atoms with Crippen LogP contribution >= 0.6 is 0 Å². The molecule has 2 rings (SSSR count). The van der Waals surface area contributed by atoms with E-state index in [4.69, 9.17) is 5.26 Å². The SMILES string of the molecule is CC=C(/C=C\C(C#N)=C/C)NCCNc1nc(-c2ccc(O)cc2)ncc1C. The molecule has 0 aliphatic heterocycles. The van der Waals surface area contributed by atoms with Crippen LogP contribution in [0.4, 0.5) is 5.82 Å². The predicted octanol–water partition coefficient (Wildman–Crippen LogP) is 4.09. The third-order valence-electron chi connectivity index (χ3n) is 4.04. The summed E-state index contributed by atoms with van der Waals surface area (Å²) in [6, 6.07) is 8.94. The lowest BCUT2D eigenvalue weighted by atomic mass is 10.2. The van der Waals surface area contributed by atoms with E-state index in [1.54, 1.807) is 42.6 Å². The van der Waals surface area contributed by atoms with Crippen molar-refractivity contribution in [3.8, 4) is 23.2 Å². The number of benzene rings is 1. The van der Waals surface area contributed by atoms with Gasteiger partial charge in [0.05, 0.1) is 6.07 Å². The van der Waals surface area contributed by atoms with Gasteiger partial charge < -0.3 is 15.7 Å². The number of rotatable bonds is 8. The summed E-state index contributed by atoms with van der Waals surface area (Å²) >= 11 is 0. The first-order valence-electron chi connectivity index (χ1n) is 9.09. The minimum absolute atomic E-state index is 0.213. The molecule has 1 heterocycles. The molecule has 144 valence electrons. The summed E-state index contributed by atoms with van der Waals surface area (Å²) in [4.78, 5) is 8.95. The molecule has 0 radical (unpaired) electrons. The number of phenolic OH excluding ortho intramolecular Hbond substituents is 1. The summed E-state index contributed by atoms with van der Waals surface area (Å²) in [6.45, 7) is 7.11. The lowest BCUT2D eigenvalue weighted by molar-refractivity contribution is 0.475. The fraction of sp³-hybridized carbons (Fsp3) is 0.227. The normalized spacial score (nSPS) is 12.1. The van der Waals surface area contributed by atoms with Crippen LogP contribution in [0.25, 0.3) is 11.4 Å². The minimum atomic E-state index is 0.213. The minimum Gasteiger partial charge on any atom is -0.508 e. The molecule has 0 unspecified atom stereocenters. The first-order valence-corrected chi connectivity index (χ1v) is 9.09. The molecule has 2 aromatic rings. The molecular formula is C22H25N5O. The van der Waals surface area contributed by atoms with Gasteiger partial charge >= 0.3 is 0 Å². The molecule has 1 aromatic carbocycles. The maximum absolute atomic E-state index is 9.42. The highest BCUT2D eigenvalue weighted by atomic mass is 16.3. The topological polar surface area (TPSA) is 93.9 Å². The monoisotopic (exact) mass is 375 g/mol. The first kappa shape index (κ1) is 20.7. The summed E-state index contributed by atoms with van der Waals surface area (Å²) in [6.07, 6.45) is 9.19. The number of allylic oxidation sites excluding steroid dienone is 5. The predicted molar refractivity (Wildman–Crippen MR) is 113 cm³/mol. The van der Waals surface area contributed by atoms with E-state index >= 15 is 0 Å². The van der Waals surface area contributed by atoms with Crippen molar-refractivity contribution >= 4 is 5.82 Å². The van der Waals surface area contributed by atoms with Crippen LogP contribution in [0.3, 0.4) is 0 Å². The molecule has 0 spiro atoms. The standard InChI is InChI=1S/C22H25N5O/c1-4-17(14-23)6-9-19(5-2)24-12-13-25-21-16(3)15-26-22(27-21)18-7-10-20(28)11-8-18/h4-11,15,24,28H,12-13H2,1-3H3,(H,25,26,27)/b9-6-,17-4+,19-5?. The van der Waals surface area contributed by atoms with Gasteiger partial charge in [0.15, 0.2) is 5.82 Å². The van der Waals surface area contributed by atoms with E-state index < -0.39 is 0 Å². The third kappa shape index (κ3) is 5.99. The van der Waals surface area contributed by atoms with Crippen molar-refractivity contribution in [3.05, 3.63) is 71.6 Å². The zero-order valence-corrected chi connectivity index (χ0v) is 16.4. The van der Waals surface area contributed by atoms with Gasteiger partial charge in [-0.15, -0.1) is 0 Å². The van der Waals surface area contributed by atoms with Crippen LogP contribution in [-0.4, -0.2) is 28.2 Å². The largest absolute Gasteiger partial charge is 0.508 e. The van der Waals surface area contributed by atoms with E-state index in [2.05, 4.69) is 26.7 Å². The molecule has 1 aromatic heterocycles. The van der Waals surface area contributed by atoms with Gasteiger partial charge in [-0.25, -0.2) is 9.97 Å². The van der Waals surface area contributed by atoms with Crippen LogP contribution in [0.5, 0.6) is 5.75 Å². The van der Waals surface area contributed by atoms with Gasteiger partial charge in [-0.05, 0) is 57.2 Å². The van der Waals surface area contributed by atoms with E-state index in [1.807, 2.05) is 32.9 Å². The second kappa shape index (κ2) is 10.5. The van der Waals surface area contributed by atoms with Crippen molar-refractivity contribution in [2.45, 2.75) is 20.8 Å². The molecule has 0 amide bonds. The molecule has 3 N–H and O–H groups in total. The molecule has 0 fully saturated rings. The van der Waals surface area contributed by atoms with Gasteiger partial charge in [0, 0.05) is 41.7 Å². The number of hydrogen-bond donors (Lipinski definition) is 3. The Balaban J connectivity index is 1.95. The van der Waals surface area contributed by atoms with Gasteiger partial charge in [-0.2, -0.15) is 5.26 Å². The number of aryl methyl sites for hydroxylation is 1. The van der Waals surface area contributed by atoms with E-state index in [-0.39, 0.29) is 5.75 Å². The molecule has 28 heavy (non-hydrogen) atoms. The number of aromatic nitrogens is 2. The van der Waals surface area contributed by atoms with Crippen LogP contribution < -0.4 is 10.6 Å². The second-order valence-corrected chi connectivity index (χ2v) is 6.06. The van der Waals surface area contributed by atoms with Crippen LogP contribution in [0.2, 0.25) is 0 Å². The van der Waals surface area contributed by atoms with Crippen molar-refractivity contribution in [2.24, 2.45) is 0 Å². The van der Waals surface area contributed by atoms with E-state index in [0.29, 0.717) is 24.5 Å². The van der Waals surface area contributed by atoms with Crippen LogP contribution in [0, 0.1) is 18.3 Å². The highest BCUT2D eigenvalue weighted by Crippen LogP contribution is 2.21. The summed E-state index contributed by atoms with van der Waals surface area (Å²) in [7, 11) is 0. The number of phenols is 1. The molecule has 0 bridgehead atoms. The Morgan fingerprint density at radius 1 is 1.14 bits per heavy atom. The summed E-state index contributed by atoms with van der Waals surface area (Å²) in [5, 5.41) is 25.0. The van der Waals surface area contributed by atoms with Crippen LogP contribution in [0.15, 0.2) is 66.0 Å². The lowest BCUT2D eigenvalue weighted by Crippen LogP contribution is -2.21. The summed E-state index contributed by atoms with van der Waals surface area (Å²) in [5.41, 5.74) is 3.37. The van der Waals surface area contributed by atoms with Crippen molar-refractivity contribution < 1.29 is 5.11 Å². The number of anilines is 1. The van der Waals surface area contributed by atoms with Crippen LogP contribution in [-0.2, 0) is 0 Å². The third-order valence-corrected chi connectivity index (χ3v) is 4.04. The lowest BCUT2D eigenvalue weighted by Gasteiger charge is -2.12. The highest BCUT2D eigenvalue weighted by molar-refractivity contribution is 5.59. The quantitative estimate of drug-likeness (QED) is 0.365. The fourth-order valence-corrected chi connectivity index (χ4v) is 2.39. The Morgan fingerprint density at radius 3 is 2.54 bits per heavy atom. The fourth-order valence-electron chi connectivity index (χ4n) is 2.39. The Hall–Kier alpha value is -3.59. The average molecular weight is 375 g/mol. The molecule has 6 nitrogen and oxygen atoms in total. The highest BCUT2D eigenvalue weighted by Gasteiger charge is 2.06. The summed E-state index contributed by atoms with van der Waals surface area (Å²) in [5.74, 6) is 1.59. The van der Waals surface area contributed by atoms with Crippen molar-refractivity contribution in [2.75, 3.05) is 18.4 Å². The van der Waals surface area contributed by atoms with Crippen LogP contribution in [0.1, 0.15) is 19.4 Å². The molecular weight excluding hydrogens is 350 g/mol. The number of nitrogens with one attached hydrogen (secondary N) is 2. The number of hydrogen-bond acceptors (Lipinski definition) is 6. The second-order valence-electron chi connectivity index (χ2n) is 6.06. The zero-order chi connectivity index (χ0) is 20.4. The van der Waals surface area contributed by atoms with Crippen molar-refractivity contribution in [1.82, 2.24) is 15.3 Å². The number of nitrogens with zero attached hydrogens (tertiary/aromatic N) is 3. The van der Waals surface area contributed by atoms with Gasteiger partial charge in [0.1, 0.15) is 11.6 Å². The Labute approximate surface area is 166 Å². The molecule has 0 aliphatic carbocycles. The first-order chi connectivity index (χ1) is 13.6. The Morgan fingerprint density at radius 2 is 1.89 bits per heavy atom. The summed E-state index contributed by atoms with van der Waals surface area (Å²) < 4.78 is 0. The zero-order valence-electron chi connectivity index (χ0n) is 16.4. The molecule has 0 aliphatic rings. The average Bonchev–Trinajstić information content (AvgIpc) is 2.72. The number of aromatic hydroxyl groups is 1. The van der Waals surface area contributed by atoms with E-state index in [1.165, 1.54) is 0 Å². The molecule has 0 saturated carbocycles. The van der Waals surface area contributed by atoms with Crippen molar-refractivity contribution in [1.29, 1.82) is 5.26 Å². The maximum atomic E-state index is 9.42. The smallest absolute Gasteiger partial charge is 0.161 e. The molecule has 0 atom stereocenters.